The van der Waals surface area contributed by atoms with Gasteiger partial charge in [-0.3, -0.25) is 10.1 Å². The summed E-state index contributed by atoms with van der Waals surface area (Å²) in [6.07, 6.45) is 0. The summed E-state index contributed by atoms with van der Waals surface area (Å²) < 4.78 is 4.61. The molecule has 0 amide bonds. The van der Waals surface area contributed by atoms with Crippen molar-refractivity contribution in [3.8, 4) is 0 Å². The number of ether oxygens (including phenoxy) is 1. The third kappa shape index (κ3) is 3.28. The number of thiazole rings is 1. The predicted octanol–water partition coefficient (Wildman–Crippen LogP) is 1.41. The number of carbonyl (C=O) groups is 1. The first-order valence-electron chi connectivity index (χ1n) is 4.78. The van der Waals surface area contributed by atoms with Gasteiger partial charge in [-0.1, -0.05) is 0 Å². The molecule has 0 saturated heterocycles. The predicted molar refractivity (Wildman–Crippen MR) is 59.9 cm³/mol. The van der Waals surface area contributed by atoms with Gasteiger partial charge in [-0.2, -0.15) is 0 Å². The highest BCUT2D eigenvalue weighted by Gasteiger charge is 2.12. The number of hydrogen-bond acceptors (Lipinski definition) is 5. The van der Waals surface area contributed by atoms with Crippen molar-refractivity contribution in [2.24, 2.45) is 0 Å². The number of hydrogen-bond donors (Lipinski definition) is 1. The molecule has 0 aliphatic rings. The van der Waals surface area contributed by atoms with Crippen molar-refractivity contribution in [3.63, 3.8) is 0 Å². The summed E-state index contributed by atoms with van der Waals surface area (Å²) in [5, 5.41) is 4.06. The van der Waals surface area contributed by atoms with Crippen molar-refractivity contribution >= 4 is 17.3 Å². The second-order valence-electron chi connectivity index (χ2n) is 3.37. The maximum atomic E-state index is 11.1. The Morgan fingerprint density at radius 1 is 1.60 bits per heavy atom. The van der Waals surface area contributed by atoms with Gasteiger partial charge >= 0.3 is 5.97 Å². The van der Waals surface area contributed by atoms with E-state index in [1.807, 2.05) is 13.8 Å². The zero-order valence-corrected chi connectivity index (χ0v) is 10.3. The van der Waals surface area contributed by atoms with Crippen LogP contribution >= 0.6 is 11.3 Å². The van der Waals surface area contributed by atoms with E-state index in [-0.39, 0.29) is 12.0 Å². The standard InChI is InChI=1S/C10H16N2O2S/c1-6-8(3)15-9(12-6)5-11-7(2)10(13)14-4/h7,11H,5H2,1-4H3. The van der Waals surface area contributed by atoms with E-state index in [1.54, 1.807) is 18.3 Å². The number of esters is 1. The van der Waals surface area contributed by atoms with Crippen molar-refractivity contribution in [1.29, 1.82) is 0 Å². The summed E-state index contributed by atoms with van der Waals surface area (Å²) in [6.45, 7) is 6.41. The maximum absolute atomic E-state index is 11.1. The molecule has 0 aromatic carbocycles. The van der Waals surface area contributed by atoms with Crippen LogP contribution in [0.2, 0.25) is 0 Å². The molecule has 1 unspecified atom stereocenters. The quantitative estimate of drug-likeness (QED) is 0.792. The van der Waals surface area contributed by atoms with E-state index in [4.69, 9.17) is 0 Å². The van der Waals surface area contributed by atoms with Crippen LogP contribution in [0.25, 0.3) is 0 Å². The maximum Gasteiger partial charge on any atom is 0.322 e. The Balaban J connectivity index is 2.47. The van der Waals surface area contributed by atoms with Gasteiger partial charge in [0.2, 0.25) is 0 Å². The zero-order valence-electron chi connectivity index (χ0n) is 9.46. The highest BCUT2D eigenvalue weighted by molar-refractivity contribution is 7.11. The molecule has 0 radical (unpaired) electrons. The number of nitrogens with one attached hydrogen (secondary N) is 1. The Labute approximate surface area is 93.7 Å². The van der Waals surface area contributed by atoms with Crippen LogP contribution < -0.4 is 5.32 Å². The Bertz CT molecular complexity index is 330. The number of rotatable bonds is 4. The summed E-state index contributed by atoms with van der Waals surface area (Å²) >= 11 is 1.65. The number of nitrogens with zero attached hydrogens (tertiary/aromatic N) is 1. The number of aryl methyl sites for hydroxylation is 2. The molecule has 15 heavy (non-hydrogen) atoms. The fourth-order valence-corrected chi connectivity index (χ4v) is 2.00. The molecule has 1 N–H and O–H groups in total. The molecule has 5 heteroatoms. The molecule has 0 aliphatic heterocycles. The molecule has 1 rings (SSSR count). The average Bonchev–Trinajstić information content (AvgIpc) is 2.54. The number of carbonyl (C=O) groups excluding carboxylic acids is 1. The lowest BCUT2D eigenvalue weighted by Crippen LogP contribution is -2.34. The summed E-state index contributed by atoms with van der Waals surface area (Å²) in [5.41, 5.74) is 1.06. The van der Waals surface area contributed by atoms with Gasteiger partial charge in [-0.25, -0.2) is 4.98 Å². The van der Waals surface area contributed by atoms with Gasteiger partial charge in [0.05, 0.1) is 12.8 Å². The molecule has 1 heterocycles. The molecule has 1 atom stereocenters. The molecule has 84 valence electrons. The summed E-state index contributed by atoms with van der Waals surface area (Å²) in [7, 11) is 1.39. The first-order valence-corrected chi connectivity index (χ1v) is 5.60. The smallest absolute Gasteiger partial charge is 0.322 e. The summed E-state index contributed by atoms with van der Waals surface area (Å²) in [5.74, 6) is -0.250. The normalized spacial score (nSPS) is 12.5. The third-order valence-electron chi connectivity index (χ3n) is 2.19. The minimum absolute atomic E-state index is 0.250. The van der Waals surface area contributed by atoms with Gasteiger partial charge in [-0.15, -0.1) is 11.3 Å². The van der Waals surface area contributed by atoms with E-state index in [0.29, 0.717) is 6.54 Å². The minimum atomic E-state index is -0.292. The topological polar surface area (TPSA) is 51.2 Å². The van der Waals surface area contributed by atoms with Crippen LogP contribution in [0.3, 0.4) is 0 Å². The fourth-order valence-electron chi connectivity index (χ4n) is 1.12. The first-order chi connectivity index (χ1) is 7.04. The SMILES string of the molecule is COC(=O)C(C)NCc1nc(C)c(C)s1. The fraction of sp³-hybridized carbons (Fsp3) is 0.600. The molecule has 0 saturated carbocycles. The van der Waals surface area contributed by atoms with Crippen LogP contribution in [0.15, 0.2) is 0 Å². The van der Waals surface area contributed by atoms with E-state index >= 15 is 0 Å². The van der Waals surface area contributed by atoms with Crippen molar-refractivity contribution in [1.82, 2.24) is 10.3 Å². The molecule has 0 spiro atoms. The third-order valence-corrected chi connectivity index (χ3v) is 3.26. The van der Waals surface area contributed by atoms with E-state index in [0.717, 1.165) is 10.7 Å². The van der Waals surface area contributed by atoms with Gasteiger partial charge in [0.1, 0.15) is 11.0 Å². The van der Waals surface area contributed by atoms with Crippen LogP contribution in [0.1, 0.15) is 22.5 Å². The van der Waals surface area contributed by atoms with Crippen LogP contribution in [-0.4, -0.2) is 24.1 Å². The van der Waals surface area contributed by atoms with Gasteiger partial charge in [-0.05, 0) is 20.8 Å². The molecule has 1 aromatic heterocycles. The van der Waals surface area contributed by atoms with Crippen molar-refractivity contribution in [3.05, 3.63) is 15.6 Å². The highest BCUT2D eigenvalue weighted by Crippen LogP contribution is 2.16. The van der Waals surface area contributed by atoms with E-state index in [1.165, 1.54) is 12.0 Å². The minimum Gasteiger partial charge on any atom is -0.468 e. The van der Waals surface area contributed by atoms with Crippen LogP contribution in [0, 0.1) is 13.8 Å². The molecular formula is C10H16N2O2S. The molecule has 0 fully saturated rings. The summed E-state index contributed by atoms with van der Waals surface area (Å²) in [4.78, 5) is 16.7. The lowest BCUT2D eigenvalue weighted by atomic mass is 10.3. The Kier molecular flexibility index (Phi) is 4.23. The highest BCUT2D eigenvalue weighted by atomic mass is 32.1. The molecular weight excluding hydrogens is 212 g/mol. The van der Waals surface area contributed by atoms with Crippen LogP contribution in [0.5, 0.6) is 0 Å². The lowest BCUT2D eigenvalue weighted by molar-refractivity contribution is -0.142. The van der Waals surface area contributed by atoms with Crippen LogP contribution in [0.4, 0.5) is 0 Å². The summed E-state index contributed by atoms with van der Waals surface area (Å²) in [6, 6.07) is -0.292. The lowest BCUT2D eigenvalue weighted by Gasteiger charge is -2.09. The number of aromatic nitrogens is 1. The Morgan fingerprint density at radius 2 is 2.27 bits per heavy atom. The van der Waals surface area contributed by atoms with Gasteiger partial charge in [0, 0.05) is 11.4 Å². The largest absolute Gasteiger partial charge is 0.468 e. The Morgan fingerprint density at radius 3 is 2.73 bits per heavy atom. The second kappa shape index (κ2) is 5.23. The van der Waals surface area contributed by atoms with Gasteiger partial charge in [0.25, 0.3) is 0 Å². The molecule has 0 bridgehead atoms. The zero-order chi connectivity index (χ0) is 11.4. The van der Waals surface area contributed by atoms with Gasteiger partial charge in [0.15, 0.2) is 0 Å². The second-order valence-corrected chi connectivity index (χ2v) is 4.66. The molecule has 4 nitrogen and oxygen atoms in total. The van der Waals surface area contributed by atoms with Crippen molar-refractivity contribution in [2.45, 2.75) is 33.4 Å². The first kappa shape index (κ1) is 12.1. The monoisotopic (exact) mass is 228 g/mol. The Hall–Kier alpha value is -0.940. The van der Waals surface area contributed by atoms with Gasteiger partial charge < -0.3 is 4.74 Å². The molecule has 0 aliphatic carbocycles. The van der Waals surface area contributed by atoms with Crippen molar-refractivity contribution in [2.75, 3.05) is 7.11 Å². The molecule has 1 aromatic rings. The van der Waals surface area contributed by atoms with E-state index in [9.17, 15) is 4.79 Å². The van der Waals surface area contributed by atoms with E-state index < -0.39 is 0 Å². The number of methoxy groups -OCH3 is 1. The van der Waals surface area contributed by atoms with Crippen molar-refractivity contribution < 1.29 is 9.53 Å². The van der Waals surface area contributed by atoms with E-state index in [2.05, 4.69) is 15.0 Å². The average molecular weight is 228 g/mol. The van der Waals surface area contributed by atoms with Crippen LogP contribution in [-0.2, 0) is 16.1 Å².